The van der Waals surface area contributed by atoms with Gasteiger partial charge in [0.1, 0.15) is 0 Å². The highest BCUT2D eigenvalue weighted by Crippen LogP contribution is 2.39. The highest BCUT2D eigenvalue weighted by atomic mass is 16.5. The van der Waals surface area contributed by atoms with Crippen LogP contribution in [-0.4, -0.2) is 19.1 Å². The Morgan fingerprint density at radius 2 is 2.00 bits per heavy atom. The molecule has 2 aromatic rings. The average molecular weight is 333 g/mol. The summed E-state index contributed by atoms with van der Waals surface area (Å²) in [5.74, 6) is 0.213. The summed E-state index contributed by atoms with van der Waals surface area (Å²) in [5.41, 5.74) is 7.67. The maximum atomic E-state index is 11.9. The third-order valence-electron chi connectivity index (χ3n) is 5.09. The van der Waals surface area contributed by atoms with Gasteiger partial charge in [0.25, 0.3) is 0 Å². The lowest BCUT2D eigenvalue weighted by molar-refractivity contribution is -0.143. The van der Waals surface area contributed by atoms with Gasteiger partial charge in [-0.05, 0) is 41.7 Å². The average Bonchev–Trinajstić information content (AvgIpc) is 2.62. The van der Waals surface area contributed by atoms with Crippen molar-refractivity contribution in [3.8, 4) is 0 Å². The Labute approximate surface area is 148 Å². The van der Waals surface area contributed by atoms with Crippen molar-refractivity contribution in [3.63, 3.8) is 0 Å². The largest absolute Gasteiger partial charge is 0.465 e. The van der Waals surface area contributed by atoms with Crippen LogP contribution in [0.25, 0.3) is 5.57 Å². The van der Waals surface area contributed by atoms with Crippen LogP contribution in [0.5, 0.6) is 0 Å². The van der Waals surface area contributed by atoms with Crippen molar-refractivity contribution in [2.45, 2.75) is 32.1 Å². The molecule has 0 saturated carbocycles. The maximum Gasteiger partial charge on any atom is 0.307 e. The lowest BCUT2D eigenvalue weighted by Crippen LogP contribution is -2.17. The van der Waals surface area contributed by atoms with E-state index in [9.17, 15) is 4.79 Å². The minimum atomic E-state index is -0.136. The summed E-state index contributed by atoms with van der Waals surface area (Å²) < 4.78 is 5.41. The molecule has 128 valence electrons. The predicted molar refractivity (Wildman–Crippen MR) is 101 cm³/mol. The van der Waals surface area contributed by atoms with Crippen molar-refractivity contribution in [3.05, 3.63) is 70.8 Å². The second-order valence-corrected chi connectivity index (χ2v) is 6.90. The molecule has 2 bridgehead atoms. The van der Waals surface area contributed by atoms with Gasteiger partial charge in [0, 0.05) is 24.6 Å². The summed E-state index contributed by atoms with van der Waals surface area (Å²) in [6, 6.07) is 15.1. The molecule has 3 nitrogen and oxygen atoms in total. The Bertz CT molecular complexity index is 838. The number of hydrogen-bond donors (Lipinski definition) is 1. The van der Waals surface area contributed by atoms with E-state index in [4.69, 9.17) is 4.74 Å². The molecule has 3 heteroatoms. The molecule has 1 atom stereocenters. The van der Waals surface area contributed by atoms with Crippen LogP contribution in [0.15, 0.2) is 48.5 Å². The molecule has 0 radical (unpaired) electrons. The van der Waals surface area contributed by atoms with Crippen molar-refractivity contribution < 1.29 is 9.53 Å². The Kier molecular flexibility index (Phi) is 4.31. The molecule has 0 aromatic heterocycles. The van der Waals surface area contributed by atoms with Crippen LogP contribution < -0.4 is 5.32 Å². The normalized spacial score (nSPS) is 20.0. The smallest absolute Gasteiger partial charge is 0.307 e. The SMILES string of the molecule is Cc1ccc2c(c1)C1C=C(CCOC(=O)CCN2)c2ccccc2C1. The lowest BCUT2D eigenvalue weighted by atomic mass is 9.79. The molecular weight excluding hydrogens is 310 g/mol. The molecule has 0 spiro atoms. The van der Waals surface area contributed by atoms with Gasteiger partial charge in [0.05, 0.1) is 13.0 Å². The number of rotatable bonds is 0. The molecule has 2 aromatic carbocycles. The number of benzene rings is 2. The van der Waals surface area contributed by atoms with Crippen LogP contribution in [0.4, 0.5) is 5.69 Å². The van der Waals surface area contributed by atoms with Gasteiger partial charge in [0.15, 0.2) is 0 Å². The van der Waals surface area contributed by atoms with E-state index in [2.05, 4.69) is 60.8 Å². The van der Waals surface area contributed by atoms with Crippen molar-refractivity contribution >= 4 is 17.2 Å². The zero-order valence-corrected chi connectivity index (χ0v) is 14.5. The molecule has 1 N–H and O–H groups in total. The van der Waals surface area contributed by atoms with Gasteiger partial charge in [-0.25, -0.2) is 0 Å². The second kappa shape index (κ2) is 6.75. The Morgan fingerprint density at radius 1 is 1.12 bits per heavy atom. The van der Waals surface area contributed by atoms with E-state index in [-0.39, 0.29) is 5.97 Å². The number of nitrogens with one attached hydrogen (secondary N) is 1. The summed E-state index contributed by atoms with van der Waals surface area (Å²) >= 11 is 0. The lowest BCUT2D eigenvalue weighted by Gasteiger charge is -2.27. The van der Waals surface area contributed by atoms with Crippen LogP contribution in [0, 0.1) is 6.92 Å². The minimum Gasteiger partial charge on any atom is -0.465 e. The molecule has 25 heavy (non-hydrogen) atoms. The fourth-order valence-corrected chi connectivity index (χ4v) is 3.85. The summed E-state index contributed by atoms with van der Waals surface area (Å²) in [5, 5.41) is 3.44. The maximum absolute atomic E-state index is 11.9. The van der Waals surface area contributed by atoms with E-state index in [1.807, 2.05) is 0 Å². The summed E-state index contributed by atoms with van der Waals surface area (Å²) in [6.45, 7) is 3.19. The number of allylic oxidation sites excluding steroid dienone is 1. The van der Waals surface area contributed by atoms with Gasteiger partial charge >= 0.3 is 5.97 Å². The topological polar surface area (TPSA) is 38.3 Å². The quantitative estimate of drug-likeness (QED) is 0.723. The fourth-order valence-electron chi connectivity index (χ4n) is 3.85. The summed E-state index contributed by atoms with van der Waals surface area (Å²) in [7, 11) is 0. The number of cyclic esters (lactones) is 1. The van der Waals surface area contributed by atoms with E-state index >= 15 is 0 Å². The molecule has 0 saturated heterocycles. The molecule has 1 aliphatic heterocycles. The van der Waals surface area contributed by atoms with Crippen LogP contribution in [0.3, 0.4) is 0 Å². The van der Waals surface area contributed by atoms with Crippen molar-refractivity contribution in [1.29, 1.82) is 0 Å². The van der Waals surface area contributed by atoms with Gasteiger partial charge in [0.2, 0.25) is 0 Å². The number of carbonyl (C=O) groups is 1. The van der Waals surface area contributed by atoms with Crippen molar-refractivity contribution in [2.24, 2.45) is 0 Å². The van der Waals surface area contributed by atoms with E-state index in [1.54, 1.807) is 0 Å². The number of anilines is 1. The first-order valence-corrected chi connectivity index (χ1v) is 9.00. The molecule has 1 aliphatic carbocycles. The number of esters is 1. The van der Waals surface area contributed by atoms with E-state index < -0.39 is 0 Å². The minimum absolute atomic E-state index is 0.136. The fraction of sp³-hybridized carbons (Fsp3) is 0.318. The van der Waals surface area contributed by atoms with Gasteiger partial charge < -0.3 is 10.1 Å². The highest BCUT2D eigenvalue weighted by molar-refractivity contribution is 5.74. The van der Waals surface area contributed by atoms with Gasteiger partial charge in [-0.15, -0.1) is 0 Å². The Hall–Kier alpha value is -2.55. The monoisotopic (exact) mass is 333 g/mol. The number of aryl methyl sites for hydroxylation is 1. The van der Waals surface area contributed by atoms with E-state index in [0.29, 0.717) is 25.5 Å². The zero-order chi connectivity index (χ0) is 17.2. The predicted octanol–water partition coefficient (Wildman–Crippen LogP) is 4.47. The number of carbonyl (C=O) groups excluding carboxylic acids is 1. The van der Waals surface area contributed by atoms with Gasteiger partial charge in [-0.3, -0.25) is 4.79 Å². The van der Waals surface area contributed by atoms with Crippen LogP contribution in [-0.2, 0) is 16.0 Å². The number of hydrogen-bond acceptors (Lipinski definition) is 3. The van der Waals surface area contributed by atoms with Crippen molar-refractivity contribution in [2.75, 3.05) is 18.5 Å². The molecule has 1 heterocycles. The number of ether oxygens (including phenoxy) is 1. The van der Waals surface area contributed by atoms with Crippen LogP contribution in [0.2, 0.25) is 0 Å². The van der Waals surface area contributed by atoms with Crippen LogP contribution >= 0.6 is 0 Å². The van der Waals surface area contributed by atoms with Gasteiger partial charge in [-0.1, -0.05) is 48.0 Å². The molecule has 2 aliphatic rings. The van der Waals surface area contributed by atoms with Gasteiger partial charge in [-0.2, -0.15) is 0 Å². The van der Waals surface area contributed by atoms with E-state index in [0.717, 1.165) is 18.5 Å². The zero-order valence-electron chi connectivity index (χ0n) is 14.5. The molecule has 1 unspecified atom stereocenters. The summed E-state index contributed by atoms with van der Waals surface area (Å²) in [6.07, 6.45) is 4.55. The first-order valence-electron chi connectivity index (χ1n) is 9.00. The molecular formula is C22H23NO2. The first kappa shape index (κ1) is 15.9. The highest BCUT2D eigenvalue weighted by Gasteiger charge is 2.23. The van der Waals surface area contributed by atoms with Crippen molar-refractivity contribution in [1.82, 2.24) is 0 Å². The Balaban J connectivity index is 1.80. The first-order chi connectivity index (χ1) is 12.2. The van der Waals surface area contributed by atoms with E-state index in [1.165, 1.54) is 27.8 Å². The molecule has 4 rings (SSSR count). The number of fused-ring (bicyclic) bond motifs is 5. The standard InChI is InChI=1S/C22H23NO2/c1-15-6-7-21-20(12-15)18-13-16-4-2-3-5-19(16)17(14-18)9-11-25-22(24)8-10-23-21/h2-7,12,14,18,23H,8-11,13H2,1H3. The second-order valence-electron chi connectivity index (χ2n) is 6.90. The summed E-state index contributed by atoms with van der Waals surface area (Å²) in [4.78, 5) is 11.9. The van der Waals surface area contributed by atoms with Crippen LogP contribution in [0.1, 0.15) is 41.0 Å². The third-order valence-corrected chi connectivity index (χ3v) is 5.09. The Morgan fingerprint density at radius 3 is 2.92 bits per heavy atom. The molecule has 0 fully saturated rings. The molecule has 0 amide bonds. The third kappa shape index (κ3) is 3.32.